The Bertz CT molecular complexity index is 1000. The first kappa shape index (κ1) is 25.2. The molecule has 0 saturated heterocycles. The number of methoxy groups -OCH3 is 1. The Hall–Kier alpha value is -2.89. The molecule has 188 valence electrons. The Morgan fingerprint density at radius 1 is 1.20 bits per heavy atom. The van der Waals surface area contributed by atoms with Gasteiger partial charge in [-0.25, -0.2) is 0 Å². The first-order chi connectivity index (χ1) is 17.2. The van der Waals surface area contributed by atoms with E-state index < -0.39 is 0 Å². The van der Waals surface area contributed by atoms with Crippen LogP contribution in [-0.2, 0) is 4.79 Å². The highest BCUT2D eigenvalue weighted by molar-refractivity contribution is 6.13. The monoisotopic (exact) mass is 477 g/mol. The number of hydrogen-bond donors (Lipinski definition) is 1. The predicted molar refractivity (Wildman–Crippen MR) is 143 cm³/mol. The first-order valence-corrected chi connectivity index (χ1v) is 13.3. The van der Waals surface area contributed by atoms with Crippen LogP contribution >= 0.6 is 0 Å². The number of hydrogen-bond acceptors (Lipinski definition) is 5. The van der Waals surface area contributed by atoms with Gasteiger partial charge >= 0.3 is 0 Å². The third-order valence-corrected chi connectivity index (χ3v) is 7.11. The predicted octanol–water partition coefficient (Wildman–Crippen LogP) is 5.77. The molecule has 1 unspecified atom stereocenters. The van der Waals surface area contributed by atoms with Crippen LogP contribution < -0.4 is 14.8 Å². The Morgan fingerprint density at radius 2 is 2.09 bits per heavy atom. The lowest BCUT2D eigenvalue weighted by Gasteiger charge is -2.24. The van der Waals surface area contributed by atoms with Crippen LogP contribution in [0.25, 0.3) is 5.57 Å². The average molecular weight is 478 g/mol. The van der Waals surface area contributed by atoms with E-state index in [4.69, 9.17) is 14.5 Å². The van der Waals surface area contributed by atoms with Crippen LogP contribution in [0.5, 0.6) is 11.5 Å². The van der Waals surface area contributed by atoms with E-state index in [0.717, 1.165) is 85.7 Å². The molecule has 1 atom stereocenters. The van der Waals surface area contributed by atoms with Gasteiger partial charge in [0.15, 0.2) is 11.5 Å². The third kappa shape index (κ3) is 6.62. The molecular weight excluding hydrogens is 438 g/mol. The van der Waals surface area contributed by atoms with Crippen LogP contribution in [-0.4, -0.2) is 44.6 Å². The van der Waals surface area contributed by atoms with Crippen molar-refractivity contribution < 1.29 is 14.3 Å². The molecule has 2 aliphatic heterocycles. The van der Waals surface area contributed by atoms with Gasteiger partial charge in [0.2, 0.25) is 0 Å². The van der Waals surface area contributed by atoms with E-state index in [1.54, 1.807) is 7.11 Å². The molecule has 0 bridgehead atoms. The molecule has 6 nitrogen and oxygen atoms in total. The number of nitrogens with one attached hydrogen (secondary N) is 1. The fourth-order valence-corrected chi connectivity index (χ4v) is 4.74. The highest BCUT2D eigenvalue weighted by Gasteiger charge is 2.25. The molecule has 0 radical (unpaired) electrons. The molecule has 1 aromatic carbocycles. The van der Waals surface area contributed by atoms with E-state index in [-0.39, 0.29) is 5.92 Å². The summed E-state index contributed by atoms with van der Waals surface area (Å²) in [7, 11) is 1.68. The second-order valence-electron chi connectivity index (χ2n) is 9.67. The van der Waals surface area contributed by atoms with Gasteiger partial charge in [0, 0.05) is 48.8 Å². The third-order valence-electron chi connectivity index (χ3n) is 7.11. The van der Waals surface area contributed by atoms with E-state index in [2.05, 4.69) is 41.5 Å². The van der Waals surface area contributed by atoms with Crippen molar-refractivity contribution in [2.24, 2.45) is 21.8 Å². The molecule has 2 heterocycles. The van der Waals surface area contributed by atoms with Gasteiger partial charge in [-0.1, -0.05) is 38.3 Å². The summed E-state index contributed by atoms with van der Waals surface area (Å²) in [6.07, 6.45) is 15.3. The number of benzene rings is 1. The molecule has 6 heteroatoms. The van der Waals surface area contributed by atoms with Crippen molar-refractivity contribution in [1.82, 2.24) is 5.32 Å². The Labute approximate surface area is 209 Å². The summed E-state index contributed by atoms with van der Waals surface area (Å²) in [4.78, 5) is 21.6. The van der Waals surface area contributed by atoms with Crippen LogP contribution in [0.2, 0.25) is 0 Å². The molecule has 1 aliphatic carbocycles. The minimum absolute atomic E-state index is 0.287. The van der Waals surface area contributed by atoms with Gasteiger partial charge < -0.3 is 14.8 Å². The van der Waals surface area contributed by atoms with Crippen molar-refractivity contribution in [3.8, 4) is 11.5 Å². The van der Waals surface area contributed by atoms with E-state index in [1.807, 2.05) is 12.3 Å². The SMILES string of the molecule is CCCCCOc1cc(C2=C3NC(=NCCCC(=O)C4CCC4)C=CCC3CN=C2)ccc1OC. The number of amidine groups is 1. The second kappa shape index (κ2) is 12.7. The number of unbranched alkanes of at least 4 members (excludes halogenated alkanes) is 2. The summed E-state index contributed by atoms with van der Waals surface area (Å²) in [6, 6.07) is 6.10. The number of Topliss-reactive ketones (excluding diaryl/α,β-unsaturated/α-hetero) is 1. The van der Waals surface area contributed by atoms with Crippen LogP contribution in [0.1, 0.15) is 70.3 Å². The number of carbonyl (C=O) groups is 1. The van der Waals surface area contributed by atoms with Crippen molar-refractivity contribution in [2.45, 2.75) is 64.7 Å². The van der Waals surface area contributed by atoms with Crippen LogP contribution in [0.3, 0.4) is 0 Å². The summed E-state index contributed by atoms with van der Waals surface area (Å²) in [6.45, 7) is 4.29. The fraction of sp³-hybridized carbons (Fsp3) is 0.552. The fourth-order valence-electron chi connectivity index (χ4n) is 4.74. The normalized spacial score (nSPS) is 20.7. The largest absolute Gasteiger partial charge is 0.493 e. The van der Waals surface area contributed by atoms with E-state index >= 15 is 0 Å². The standard InChI is InChI=1S/C29H39N3O3/c1-3-4-5-17-35-27-18-22(14-15-26(27)34-2)24-20-30-19-23-11-7-13-28(32-29(23)24)31-16-8-12-25(33)21-9-6-10-21/h7,13-15,18,20-21,23H,3-6,8-12,16-17,19H2,1-2H3,(H,31,32). The minimum atomic E-state index is 0.287. The zero-order chi connectivity index (χ0) is 24.5. The maximum absolute atomic E-state index is 12.2. The Kier molecular flexibility index (Phi) is 9.15. The Morgan fingerprint density at radius 3 is 2.86 bits per heavy atom. The molecule has 35 heavy (non-hydrogen) atoms. The number of ketones is 1. The van der Waals surface area contributed by atoms with E-state index in [9.17, 15) is 4.79 Å². The molecule has 1 aromatic rings. The summed E-state index contributed by atoms with van der Waals surface area (Å²) in [5, 5.41) is 3.60. The summed E-state index contributed by atoms with van der Waals surface area (Å²) in [5.41, 5.74) is 3.27. The van der Waals surface area contributed by atoms with Crippen molar-refractivity contribution in [3.05, 3.63) is 41.6 Å². The molecule has 3 aliphatic rings. The summed E-state index contributed by atoms with van der Waals surface area (Å²) >= 11 is 0. The molecule has 0 spiro atoms. The lowest BCUT2D eigenvalue weighted by molar-refractivity contribution is -0.125. The quantitative estimate of drug-likeness (QED) is 0.388. The second-order valence-corrected chi connectivity index (χ2v) is 9.67. The van der Waals surface area contributed by atoms with Crippen LogP contribution in [0.15, 0.2) is 46.0 Å². The molecule has 1 saturated carbocycles. The Balaban J connectivity index is 1.48. The average Bonchev–Trinajstić information content (AvgIpc) is 3.05. The maximum atomic E-state index is 12.2. The molecular formula is C29H39N3O3. The lowest BCUT2D eigenvalue weighted by atomic mass is 9.81. The smallest absolute Gasteiger partial charge is 0.161 e. The highest BCUT2D eigenvalue weighted by Crippen LogP contribution is 2.34. The first-order valence-electron chi connectivity index (χ1n) is 13.3. The highest BCUT2D eigenvalue weighted by atomic mass is 16.5. The molecule has 1 N–H and O–H groups in total. The van der Waals surface area contributed by atoms with Gasteiger partial charge in [-0.3, -0.25) is 14.8 Å². The van der Waals surface area contributed by atoms with Gasteiger partial charge in [-0.15, -0.1) is 0 Å². The molecule has 4 rings (SSSR count). The van der Waals surface area contributed by atoms with Crippen LogP contribution in [0, 0.1) is 11.8 Å². The number of dihydropyridines is 1. The van der Waals surface area contributed by atoms with Gasteiger partial charge in [-0.2, -0.15) is 0 Å². The topological polar surface area (TPSA) is 72.3 Å². The van der Waals surface area contributed by atoms with Crippen molar-refractivity contribution >= 4 is 23.4 Å². The number of rotatable bonds is 12. The maximum Gasteiger partial charge on any atom is 0.161 e. The zero-order valence-corrected chi connectivity index (χ0v) is 21.2. The minimum Gasteiger partial charge on any atom is -0.493 e. The summed E-state index contributed by atoms with van der Waals surface area (Å²) in [5.74, 6) is 3.39. The summed E-state index contributed by atoms with van der Waals surface area (Å²) < 4.78 is 11.6. The number of carbonyl (C=O) groups excluding carboxylic acids is 1. The van der Waals surface area contributed by atoms with Gasteiger partial charge in [0.1, 0.15) is 11.6 Å². The van der Waals surface area contributed by atoms with Gasteiger partial charge in [-0.05, 0) is 55.9 Å². The van der Waals surface area contributed by atoms with Crippen LogP contribution in [0.4, 0.5) is 0 Å². The number of allylic oxidation sites excluding steroid dienone is 2. The van der Waals surface area contributed by atoms with E-state index in [1.165, 1.54) is 6.42 Å². The zero-order valence-electron chi connectivity index (χ0n) is 21.2. The lowest BCUT2D eigenvalue weighted by Crippen LogP contribution is -2.29. The number of aliphatic imine (C=N–C) groups is 2. The van der Waals surface area contributed by atoms with Crippen molar-refractivity contribution in [2.75, 3.05) is 26.8 Å². The number of ether oxygens (including phenoxy) is 2. The number of nitrogens with zero attached hydrogens (tertiary/aromatic N) is 2. The molecule has 0 amide bonds. The van der Waals surface area contributed by atoms with Gasteiger partial charge in [0.05, 0.1) is 13.7 Å². The van der Waals surface area contributed by atoms with Gasteiger partial charge in [0.25, 0.3) is 0 Å². The van der Waals surface area contributed by atoms with Crippen molar-refractivity contribution in [1.29, 1.82) is 0 Å². The van der Waals surface area contributed by atoms with Crippen molar-refractivity contribution in [3.63, 3.8) is 0 Å². The molecule has 0 aromatic heterocycles. The number of fused-ring (bicyclic) bond motifs is 1. The molecule has 1 fully saturated rings. The van der Waals surface area contributed by atoms with E-state index in [0.29, 0.717) is 31.3 Å².